The zero-order chi connectivity index (χ0) is 9.84. The van der Waals surface area contributed by atoms with Crippen LogP contribution in [0.1, 0.15) is 5.56 Å². The molecule has 72 valence electrons. The van der Waals surface area contributed by atoms with Crippen LogP contribution in [0.5, 0.6) is 5.75 Å². The Kier molecular flexibility index (Phi) is 3.85. The minimum Gasteiger partial charge on any atom is -0.495 e. The molecule has 1 N–H and O–H groups in total. The van der Waals surface area contributed by atoms with E-state index in [9.17, 15) is 0 Å². The van der Waals surface area contributed by atoms with Crippen LogP contribution in [0.15, 0.2) is 12.1 Å². The highest BCUT2D eigenvalue weighted by atomic mass is 35.5. The Morgan fingerprint density at radius 2 is 2.08 bits per heavy atom. The number of hydrogen-bond acceptors (Lipinski definition) is 2. The van der Waals surface area contributed by atoms with Gasteiger partial charge in [-0.1, -0.05) is 23.2 Å². The first kappa shape index (κ1) is 10.6. The second-order valence-electron chi connectivity index (χ2n) is 2.57. The molecule has 0 saturated heterocycles. The van der Waals surface area contributed by atoms with Gasteiger partial charge >= 0.3 is 0 Å². The second kappa shape index (κ2) is 4.70. The van der Waals surface area contributed by atoms with Crippen LogP contribution in [0.25, 0.3) is 0 Å². The fourth-order valence-electron chi connectivity index (χ4n) is 1.04. The summed E-state index contributed by atoms with van der Waals surface area (Å²) in [5.41, 5.74) is 0.911. The summed E-state index contributed by atoms with van der Waals surface area (Å²) in [7, 11) is 1.53. The molecule has 0 spiro atoms. The van der Waals surface area contributed by atoms with E-state index in [-0.39, 0.29) is 6.61 Å². The molecule has 2 nitrogen and oxygen atoms in total. The maximum atomic E-state index is 8.73. The molecule has 0 bridgehead atoms. The number of rotatable bonds is 3. The quantitative estimate of drug-likeness (QED) is 0.849. The third kappa shape index (κ3) is 2.50. The monoisotopic (exact) mass is 220 g/mol. The summed E-state index contributed by atoms with van der Waals surface area (Å²) >= 11 is 11.7. The Hall–Kier alpha value is -0.440. The fraction of sp³-hybridized carbons (Fsp3) is 0.333. The van der Waals surface area contributed by atoms with Crippen molar-refractivity contribution in [2.24, 2.45) is 0 Å². The van der Waals surface area contributed by atoms with Crippen LogP contribution in [0.2, 0.25) is 10.0 Å². The third-order valence-electron chi connectivity index (χ3n) is 1.68. The summed E-state index contributed by atoms with van der Waals surface area (Å²) in [6.07, 6.45) is 0.549. The van der Waals surface area contributed by atoms with E-state index in [0.717, 1.165) is 5.56 Å². The van der Waals surface area contributed by atoms with Crippen molar-refractivity contribution in [2.45, 2.75) is 6.42 Å². The van der Waals surface area contributed by atoms with E-state index in [0.29, 0.717) is 22.2 Å². The molecule has 0 saturated carbocycles. The third-order valence-corrected chi connectivity index (χ3v) is 2.46. The van der Waals surface area contributed by atoms with Crippen molar-refractivity contribution in [1.29, 1.82) is 0 Å². The number of benzene rings is 1. The van der Waals surface area contributed by atoms with Crippen LogP contribution >= 0.6 is 23.2 Å². The van der Waals surface area contributed by atoms with Gasteiger partial charge in [-0.25, -0.2) is 0 Å². The summed E-state index contributed by atoms with van der Waals surface area (Å²) in [6.45, 7) is 0.0844. The number of aliphatic hydroxyl groups excluding tert-OH is 1. The van der Waals surface area contributed by atoms with Gasteiger partial charge in [0.1, 0.15) is 10.8 Å². The van der Waals surface area contributed by atoms with Crippen LogP contribution in [0, 0.1) is 0 Å². The van der Waals surface area contributed by atoms with E-state index in [1.165, 1.54) is 7.11 Å². The molecule has 1 rings (SSSR count). The van der Waals surface area contributed by atoms with Crippen molar-refractivity contribution < 1.29 is 9.84 Å². The SMILES string of the molecule is COc1cc(CCO)cc(Cl)c1Cl. The van der Waals surface area contributed by atoms with Crippen molar-refractivity contribution in [3.8, 4) is 5.75 Å². The largest absolute Gasteiger partial charge is 0.495 e. The van der Waals surface area contributed by atoms with Crippen LogP contribution in [0.4, 0.5) is 0 Å². The molecule has 0 unspecified atom stereocenters. The van der Waals surface area contributed by atoms with E-state index in [2.05, 4.69) is 0 Å². The lowest BCUT2D eigenvalue weighted by Crippen LogP contribution is -1.93. The van der Waals surface area contributed by atoms with E-state index in [1.54, 1.807) is 12.1 Å². The molecule has 0 heterocycles. The van der Waals surface area contributed by atoms with Gasteiger partial charge in [-0.2, -0.15) is 0 Å². The molecule has 1 aromatic carbocycles. The molecule has 0 aliphatic heterocycles. The maximum absolute atomic E-state index is 8.73. The Bertz CT molecular complexity index is 300. The molecule has 4 heteroatoms. The fourth-order valence-corrected chi connectivity index (χ4v) is 1.46. The molecule has 0 amide bonds. The van der Waals surface area contributed by atoms with E-state index in [4.69, 9.17) is 33.0 Å². The minimum absolute atomic E-state index is 0.0844. The van der Waals surface area contributed by atoms with Gasteiger partial charge in [0, 0.05) is 6.61 Å². The lowest BCUT2D eigenvalue weighted by molar-refractivity contribution is 0.299. The van der Waals surface area contributed by atoms with Gasteiger partial charge in [0.15, 0.2) is 0 Å². The average molecular weight is 221 g/mol. The summed E-state index contributed by atoms with van der Waals surface area (Å²) < 4.78 is 5.01. The van der Waals surface area contributed by atoms with Crippen molar-refractivity contribution in [3.05, 3.63) is 27.7 Å². The van der Waals surface area contributed by atoms with Crippen LogP contribution < -0.4 is 4.74 Å². The molecule has 0 aromatic heterocycles. The number of methoxy groups -OCH3 is 1. The number of halogens is 2. The molecule has 1 aromatic rings. The molecule has 0 fully saturated rings. The Morgan fingerprint density at radius 3 is 2.62 bits per heavy atom. The Morgan fingerprint density at radius 1 is 1.38 bits per heavy atom. The summed E-state index contributed by atoms with van der Waals surface area (Å²) in [6, 6.07) is 3.49. The van der Waals surface area contributed by atoms with Gasteiger partial charge in [0.05, 0.1) is 12.1 Å². The summed E-state index contributed by atoms with van der Waals surface area (Å²) in [4.78, 5) is 0. The van der Waals surface area contributed by atoms with Crippen molar-refractivity contribution in [2.75, 3.05) is 13.7 Å². The molecule has 0 aliphatic carbocycles. The maximum Gasteiger partial charge on any atom is 0.139 e. The average Bonchev–Trinajstić information content (AvgIpc) is 2.11. The molecule has 0 radical (unpaired) electrons. The van der Waals surface area contributed by atoms with E-state index >= 15 is 0 Å². The van der Waals surface area contributed by atoms with E-state index < -0.39 is 0 Å². The predicted molar refractivity (Wildman–Crippen MR) is 53.8 cm³/mol. The highest BCUT2D eigenvalue weighted by Crippen LogP contribution is 2.33. The van der Waals surface area contributed by atoms with Gasteiger partial charge in [-0.3, -0.25) is 0 Å². The standard InChI is InChI=1S/C9H10Cl2O2/c1-13-8-5-6(2-3-12)4-7(10)9(8)11/h4-5,12H,2-3H2,1H3. The number of ether oxygens (including phenoxy) is 1. The molecule has 0 atom stereocenters. The Labute approximate surface area is 87.0 Å². The predicted octanol–water partition coefficient (Wildman–Crippen LogP) is 2.54. The number of aliphatic hydroxyl groups is 1. The Balaban J connectivity index is 3.06. The lowest BCUT2D eigenvalue weighted by atomic mass is 10.1. The van der Waals surface area contributed by atoms with Crippen molar-refractivity contribution in [1.82, 2.24) is 0 Å². The summed E-state index contributed by atoms with van der Waals surface area (Å²) in [5, 5.41) is 9.58. The highest BCUT2D eigenvalue weighted by molar-refractivity contribution is 6.43. The van der Waals surface area contributed by atoms with Crippen LogP contribution in [-0.2, 0) is 6.42 Å². The van der Waals surface area contributed by atoms with Gasteiger partial charge in [-0.15, -0.1) is 0 Å². The van der Waals surface area contributed by atoms with Crippen molar-refractivity contribution >= 4 is 23.2 Å². The lowest BCUT2D eigenvalue weighted by Gasteiger charge is -2.07. The van der Waals surface area contributed by atoms with E-state index in [1.807, 2.05) is 0 Å². The molecule has 13 heavy (non-hydrogen) atoms. The normalized spacial score (nSPS) is 10.2. The second-order valence-corrected chi connectivity index (χ2v) is 3.35. The molecular weight excluding hydrogens is 211 g/mol. The highest BCUT2D eigenvalue weighted by Gasteiger charge is 2.07. The first-order chi connectivity index (χ1) is 6.19. The van der Waals surface area contributed by atoms with Gasteiger partial charge in [0.25, 0.3) is 0 Å². The summed E-state index contributed by atoms with van der Waals surface area (Å²) in [5.74, 6) is 0.539. The zero-order valence-electron chi connectivity index (χ0n) is 7.18. The van der Waals surface area contributed by atoms with Gasteiger partial charge in [-0.05, 0) is 24.1 Å². The topological polar surface area (TPSA) is 29.5 Å². The zero-order valence-corrected chi connectivity index (χ0v) is 8.69. The first-order valence-electron chi connectivity index (χ1n) is 3.81. The van der Waals surface area contributed by atoms with Crippen LogP contribution in [-0.4, -0.2) is 18.8 Å². The van der Waals surface area contributed by atoms with Crippen LogP contribution in [0.3, 0.4) is 0 Å². The molecular formula is C9H10Cl2O2. The van der Waals surface area contributed by atoms with Gasteiger partial charge < -0.3 is 9.84 Å². The number of hydrogen-bond donors (Lipinski definition) is 1. The first-order valence-corrected chi connectivity index (χ1v) is 4.57. The molecule has 0 aliphatic rings. The smallest absolute Gasteiger partial charge is 0.139 e. The van der Waals surface area contributed by atoms with Crippen molar-refractivity contribution in [3.63, 3.8) is 0 Å². The van der Waals surface area contributed by atoms with Gasteiger partial charge in [0.2, 0.25) is 0 Å². The minimum atomic E-state index is 0.0844.